The lowest BCUT2D eigenvalue weighted by Crippen LogP contribution is -2.23. The molecule has 0 radical (unpaired) electrons. The number of carbonyl (C=O) groups is 2. The Morgan fingerprint density at radius 1 is 1.04 bits per heavy atom. The molecule has 0 unspecified atom stereocenters. The van der Waals surface area contributed by atoms with Crippen molar-refractivity contribution in [2.24, 2.45) is 0 Å². The summed E-state index contributed by atoms with van der Waals surface area (Å²) in [6.45, 7) is 0.0677. The predicted octanol–water partition coefficient (Wildman–Crippen LogP) is 3.54. The first-order chi connectivity index (χ1) is 12.1. The number of benzene rings is 2. The molecule has 6 heteroatoms. The first-order valence-electron chi connectivity index (χ1n) is 7.73. The Morgan fingerprint density at radius 3 is 2.72 bits per heavy atom. The number of hydrogen-bond acceptors (Lipinski definition) is 3. The number of furan rings is 1. The number of carboxylic acid groups (broad SMARTS) is 1. The van der Waals surface area contributed by atoms with E-state index in [0.717, 1.165) is 10.9 Å². The standard InChI is InChI=1S/C19H14N2O4/c22-18(13-5-3-6-15-11(13)8-9-20-15)21-10-14-12-4-1-2-7-16(12)25-17(14)19(23)24/h1-9,20H,10H2,(H,21,22)(H,23,24). The number of aromatic carboxylic acids is 1. The summed E-state index contributed by atoms with van der Waals surface area (Å²) in [5.41, 5.74) is 2.34. The Hall–Kier alpha value is -3.54. The molecule has 4 rings (SSSR count). The molecule has 1 amide bonds. The van der Waals surface area contributed by atoms with Crippen molar-refractivity contribution in [3.05, 3.63) is 71.6 Å². The lowest BCUT2D eigenvalue weighted by molar-refractivity contribution is 0.0662. The summed E-state index contributed by atoms with van der Waals surface area (Å²) in [5.74, 6) is -1.58. The van der Waals surface area contributed by atoms with E-state index in [0.29, 0.717) is 22.1 Å². The Bertz CT molecular complexity index is 1110. The van der Waals surface area contributed by atoms with Gasteiger partial charge in [0.2, 0.25) is 5.76 Å². The van der Waals surface area contributed by atoms with E-state index in [1.54, 1.807) is 42.6 Å². The molecule has 0 atom stereocenters. The van der Waals surface area contributed by atoms with Gasteiger partial charge >= 0.3 is 5.97 Å². The summed E-state index contributed by atoms with van der Waals surface area (Å²) in [6, 6.07) is 14.3. The van der Waals surface area contributed by atoms with E-state index in [9.17, 15) is 14.7 Å². The molecule has 0 saturated heterocycles. The van der Waals surface area contributed by atoms with E-state index in [2.05, 4.69) is 10.3 Å². The van der Waals surface area contributed by atoms with Crippen LogP contribution in [0, 0.1) is 0 Å². The van der Waals surface area contributed by atoms with Gasteiger partial charge in [-0.2, -0.15) is 0 Å². The molecule has 3 N–H and O–H groups in total. The summed E-state index contributed by atoms with van der Waals surface area (Å²) in [7, 11) is 0. The van der Waals surface area contributed by atoms with Crippen LogP contribution in [0.3, 0.4) is 0 Å². The SMILES string of the molecule is O=C(O)c1oc2ccccc2c1CNC(=O)c1cccc2[nH]ccc12. The van der Waals surface area contributed by atoms with E-state index >= 15 is 0 Å². The van der Waals surface area contributed by atoms with Crippen LogP contribution in [0.5, 0.6) is 0 Å². The average Bonchev–Trinajstić information content (AvgIpc) is 3.23. The van der Waals surface area contributed by atoms with Crippen LogP contribution in [0.1, 0.15) is 26.5 Å². The van der Waals surface area contributed by atoms with Crippen LogP contribution in [0.25, 0.3) is 21.9 Å². The second-order valence-corrected chi connectivity index (χ2v) is 5.64. The van der Waals surface area contributed by atoms with Gasteiger partial charge in [-0.3, -0.25) is 4.79 Å². The van der Waals surface area contributed by atoms with Crippen LogP contribution in [0.4, 0.5) is 0 Å². The minimum absolute atomic E-state index is 0.0677. The highest BCUT2D eigenvalue weighted by Crippen LogP contribution is 2.26. The summed E-state index contributed by atoms with van der Waals surface area (Å²) >= 11 is 0. The number of carboxylic acids is 1. The number of aromatic amines is 1. The molecule has 2 aromatic heterocycles. The lowest BCUT2D eigenvalue weighted by Gasteiger charge is -2.06. The molecule has 0 aliphatic heterocycles. The summed E-state index contributed by atoms with van der Waals surface area (Å²) in [6.07, 6.45) is 1.77. The number of nitrogens with one attached hydrogen (secondary N) is 2. The van der Waals surface area contributed by atoms with Crippen LogP contribution in [-0.2, 0) is 6.54 Å². The number of aromatic nitrogens is 1. The van der Waals surface area contributed by atoms with Crippen molar-refractivity contribution in [1.29, 1.82) is 0 Å². The smallest absolute Gasteiger partial charge is 0.372 e. The first-order valence-corrected chi connectivity index (χ1v) is 7.73. The molecule has 0 spiro atoms. The topological polar surface area (TPSA) is 95.3 Å². The van der Waals surface area contributed by atoms with Gasteiger partial charge in [0, 0.05) is 40.2 Å². The number of H-pyrrole nitrogens is 1. The number of hydrogen-bond donors (Lipinski definition) is 3. The maximum atomic E-state index is 12.6. The van der Waals surface area contributed by atoms with Crippen molar-refractivity contribution in [1.82, 2.24) is 10.3 Å². The van der Waals surface area contributed by atoms with Gasteiger partial charge in [-0.05, 0) is 24.3 Å². The van der Waals surface area contributed by atoms with Gasteiger partial charge in [0.25, 0.3) is 5.91 Å². The highest BCUT2D eigenvalue weighted by atomic mass is 16.4. The number of fused-ring (bicyclic) bond motifs is 2. The van der Waals surface area contributed by atoms with E-state index in [4.69, 9.17) is 4.42 Å². The summed E-state index contributed by atoms with van der Waals surface area (Å²) < 4.78 is 5.40. The van der Waals surface area contributed by atoms with E-state index in [-0.39, 0.29) is 18.2 Å². The van der Waals surface area contributed by atoms with E-state index in [1.165, 1.54) is 0 Å². The number of para-hydroxylation sites is 1. The van der Waals surface area contributed by atoms with Crippen molar-refractivity contribution in [2.75, 3.05) is 0 Å². The summed E-state index contributed by atoms with van der Waals surface area (Å²) in [4.78, 5) is 27.1. The zero-order chi connectivity index (χ0) is 17.4. The Labute approximate surface area is 142 Å². The Kier molecular flexibility index (Phi) is 3.50. The van der Waals surface area contributed by atoms with Crippen LogP contribution in [0.2, 0.25) is 0 Å². The largest absolute Gasteiger partial charge is 0.475 e. The van der Waals surface area contributed by atoms with Gasteiger partial charge in [-0.15, -0.1) is 0 Å². The number of carbonyl (C=O) groups excluding carboxylic acids is 1. The highest BCUT2D eigenvalue weighted by Gasteiger charge is 2.20. The van der Waals surface area contributed by atoms with Gasteiger partial charge in [0.05, 0.1) is 0 Å². The summed E-state index contributed by atoms with van der Waals surface area (Å²) in [5, 5.41) is 13.6. The van der Waals surface area contributed by atoms with Crippen molar-refractivity contribution in [3.8, 4) is 0 Å². The zero-order valence-electron chi connectivity index (χ0n) is 13.1. The minimum Gasteiger partial charge on any atom is -0.475 e. The van der Waals surface area contributed by atoms with Crippen molar-refractivity contribution in [3.63, 3.8) is 0 Å². The van der Waals surface area contributed by atoms with Gasteiger partial charge in [-0.1, -0.05) is 24.3 Å². The van der Waals surface area contributed by atoms with Crippen LogP contribution in [-0.4, -0.2) is 22.0 Å². The van der Waals surface area contributed by atoms with Crippen LogP contribution < -0.4 is 5.32 Å². The monoisotopic (exact) mass is 334 g/mol. The average molecular weight is 334 g/mol. The molecule has 0 bridgehead atoms. The lowest BCUT2D eigenvalue weighted by atomic mass is 10.1. The van der Waals surface area contributed by atoms with E-state index in [1.807, 2.05) is 12.1 Å². The maximum Gasteiger partial charge on any atom is 0.372 e. The molecule has 0 saturated carbocycles. The van der Waals surface area contributed by atoms with Gasteiger partial charge in [0.15, 0.2) is 0 Å². The van der Waals surface area contributed by atoms with Crippen molar-refractivity contribution >= 4 is 33.7 Å². The number of rotatable bonds is 4. The minimum atomic E-state index is -1.16. The number of amides is 1. The third-order valence-corrected chi connectivity index (χ3v) is 4.16. The van der Waals surface area contributed by atoms with Crippen LogP contribution in [0.15, 0.2) is 59.1 Å². The molecule has 0 aliphatic rings. The normalized spacial score (nSPS) is 11.0. The van der Waals surface area contributed by atoms with E-state index < -0.39 is 5.97 Å². The Morgan fingerprint density at radius 2 is 1.88 bits per heavy atom. The zero-order valence-corrected chi connectivity index (χ0v) is 13.1. The van der Waals surface area contributed by atoms with Crippen molar-refractivity contribution < 1.29 is 19.1 Å². The molecular weight excluding hydrogens is 320 g/mol. The first kappa shape index (κ1) is 15.0. The molecule has 0 fully saturated rings. The highest BCUT2D eigenvalue weighted by molar-refractivity contribution is 6.06. The molecule has 2 aromatic carbocycles. The third kappa shape index (κ3) is 2.53. The molecular formula is C19H14N2O4. The molecule has 0 aliphatic carbocycles. The molecule has 2 heterocycles. The molecule has 6 nitrogen and oxygen atoms in total. The van der Waals surface area contributed by atoms with Crippen molar-refractivity contribution in [2.45, 2.75) is 6.54 Å². The Balaban J connectivity index is 1.66. The fourth-order valence-electron chi connectivity index (χ4n) is 2.99. The van der Waals surface area contributed by atoms with Gasteiger partial charge in [0.1, 0.15) is 5.58 Å². The fraction of sp³-hybridized carbons (Fsp3) is 0.0526. The maximum absolute atomic E-state index is 12.6. The fourth-order valence-corrected chi connectivity index (χ4v) is 2.99. The second-order valence-electron chi connectivity index (χ2n) is 5.64. The quantitative estimate of drug-likeness (QED) is 0.532. The van der Waals surface area contributed by atoms with Gasteiger partial charge < -0.3 is 19.8 Å². The molecule has 4 aromatic rings. The second kappa shape index (κ2) is 5.83. The molecule has 124 valence electrons. The van der Waals surface area contributed by atoms with Gasteiger partial charge in [-0.25, -0.2) is 4.79 Å². The van der Waals surface area contributed by atoms with Crippen LogP contribution >= 0.6 is 0 Å². The predicted molar refractivity (Wildman–Crippen MR) is 92.6 cm³/mol. The third-order valence-electron chi connectivity index (χ3n) is 4.16. The molecule has 25 heavy (non-hydrogen) atoms.